The van der Waals surface area contributed by atoms with Crippen molar-refractivity contribution in [3.8, 4) is 21.9 Å². The van der Waals surface area contributed by atoms with E-state index in [1.807, 2.05) is 12.1 Å². The van der Waals surface area contributed by atoms with Gasteiger partial charge in [-0.25, -0.2) is 4.79 Å². The molecular weight excluding hydrogens is 354 g/mol. The Balaban J connectivity index is 2.46. The van der Waals surface area contributed by atoms with Crippen LogP contribution in [0.1, 0.15) is 30.4 Å². The van der Waals surface area contributed by atoms with Gasteiger partial charge in [0.2, 0.25) is 5.91 Å². The first-order valence-electron chi connectivity index (χ1n) is 8.25. The summed E-state index contributed by atoms with van der Waals surface area (Å²) in [5.41, 5.74) is 1.31. The van der Waals surface area contributed by atoms with Gasteiger partial charge in [0.1, 0.15) is 4.88 Å². The number of methoxy groups -OCH3 is 2. The van der Waals surface area contributed by atoms with Gasteiger partial charge >= 0.3 is 5.97 Å². The number of thiophene rings is 1. The lowest BCUT2D eigenvalue weighted by molar-refractivity contribution is -0.118. The second-order valence-electron chi connectivity index (χ2n) is 5.79. The van der Waals surface area contributed by atoms with Crippen molar-refractivity contribution in [1.82, 2.24) is 0 Å². The zero-order valence-electron chi connectivity index (χ0n) is 15.5. The van der Waals surface area contributed by atoms with E-state index in [9.17, 15) is 9.59 Å². The van der Waals surface area contributed by atoms with Crippen LogP contribution in [0.4, 0.5) is 5.69 Å². The van der Waals surface area contributed by atoms with E-state index in [1.165, 1.54) is 11.3 Å². The first kappa shape index (κ1) is 19.8. The number of nitrogens with one attached hydrogen (secondary N) is 1. The second kappa shape index (κ2) is 8.71. The molecule has 0 spiro atoms. The Morgan fingerprint density at radius 1 is 1.12 bits per heavy atom. The van der Waals surface area contributed by atoms with Gasteiger partial charge in [-0.05, 0) is 36.8 Å². The van der Waals surface area contributed by atoms with E-state index in [2.05, 4.69) is 5.32 Å². The number of carbonyl (C=O) groups is 2. The van der Waals surface area contributed by atoms with Crippen molar-refractivity contribution in [2.45, 2.75) is 20.8 Å². The first-order chi connectivity index (χ1) is 12.4. The molecule has 1 aromatic heterocycles. The van der Waals surface area contributed by atoms with E-state index in [4.69, 9.17) is 14.2 Å². The van der Waals surface area contributed by atoms with Crippen LogP contribution in [-0.4, -0.2) is 32.7 Å². The zero-order valence-corrected chi connectivity index (χ0v) is 16.4. The monoisotopic (exact) mass is 377 g/mol. The first-order valence-corrected chi connectivity index (χ1v) is 9.07. The molecule has 2 aromatic rings. The predicted molar refractivity (Wildman–Crippen MR) is 102 cm³/mol. The van der Waals surface area contributed by atoms with Crippen molar-refractivity contribution < 1.29 is 23.8 Å². The van der Waals surface area contributed by atoms with Crippen LogP contribution in [0.3, 0.4) is 0 Å². The average molecular weight is 377 g/mol. The molecule has 6 nitrogen and oxygen atoms in total. The van der Waals surface area contributed by atoms with E-state index in [-0.39, 0.29) is 18.4 Å². The molecule has 0 radical (unpaired) electrons. The smallest absolute Gasteiger partial charge is 0.350 e. The quantitative estimate of drug-likeness (QED) is 0.732. The summed E-state index contributed by atoms with van der Waals surface area (Å²) in [7, 11) is 3.13. The van der Waals surface area contributed by atoms with Crippen LogP contribution in [0.2, 0.25) is 0 Å². The highest BCUT2D eigenvalue weighted by atomic mass is 32.1. The molecule has 0 saturated heterocycles. The van der Waals surface area contributed by atoms with Crippen LogP contribution in [-0.2, 0) is 9.53 Å². The Morgan fingerprint density at radius 2 is 1.81 bits per heavy atom. The maximum Gasteiger partial charge on any atom is 0.350 e. The Bertz CT molecular complexity index is 797. The number of hydrogen-bond donors (Lipinski definition) is 1. The lowest BCUT2D eigenvalue weighted by Crippen LogP contribution is -2.19. The minimum atomic E-state index is -0.455. The van der Waals surface area contributed by atoms with E-state index < -0.39 is 5.97 Å². The molecule has 7 heteroatoms. The van der Waals surface area contributed by atoms with Gasteiger partial charge in [0.15, 0.2) is 11.5 Å². The van der Waals surface area contributed by atoms with Crippen molar-refractivity contribution >= 4 is 28.9 Å². The molecule has 1 aromatic carbocycles. The maximum atomic E-state index is 12.3. The summed E-state index contributed by atoms with van der Waals surface area (Å²) in [4.78, 5) is 25.5. The molecule has 0 aliphatic rings. The Hall–Kier alpha value is -2.54. The minimum absolute atomic E-state index is 0.160. The third-order valence-corrected chi connectivity index (χ3v) is 4.81. The summed E-state index contributed by atoms with van der Waals surface area (Å²) in [5.74, 6) is 0.389. The van der Waals surface area contributed by atoms with Gasteiger partial charge in [-0.1, -0.05) is 13.8 Å². The standard InChI is InChI=1S/C19H23NO5S/c1-6-25-19(22)17-13(20-18(21)11(2)3)10-16(26-17)12-7-8-14(23-4)15(9-12)24-5/h7-11H,6H2,1-5H3,(H,20,21). The van der Waals surface area contributed by atoms with Gasteiger partial charge in [-0.3, -0.25) is 4.79 Å². The van der Waals surface area contributed by atoms with Crippen LogP contribution in [0.15, 0.2) is 24.3 Å². The number of benzene rings is 1. The fourth-order valence-corrected chi connectivity index (χ4v) is 3.24. The molecule has 0 bridgehead atoms. The summed E-state index contributed by atoms with van der Waals surface area (Å²) in [6.07, 6.45) is 0. The SMILES string of the molecule is CCOC(=O)c1sc(-c2ccc(OC)c(OC)c2)cc1NC(=O)C(C)C. The summed E-state index contributed by atoms with van der Waals surface area (Å²) in [6, 6.07) is 7.27. The van der Waals surface area contributed by atoms with Gasteiger partial charge in [0, 0.05) is 10.8 Å². The summed E-state index contributed by atoms with van der Waals surface area (Å²) in [5, 5.41) is 2.81. The van der Waals surface area contributed by atoms with E-state index in [0.717, 1.165) is 10.4 Å². The Labute approximate surface area is 157 Å². The molecule has 0 aliphatic carbocycles. The molecule has 140 valence electrons. The molecule has 0 saturated carbocycles. The molecule has 2 rings (SSSR count). The molecular formula is C19H23NO5S. The zero-order chi connectivity index (χ0) is 19.3. The summed E-state index contributed by atoms with van der Waals surface area (Å²) < 4.78 is 15.7. The highest BCUT2D eigenvalue weighted by Gasteiger charge is 2.21. The third-order valence-electron chi connectivity index (χ3n) is 3.64. The van der Waals surface area contributed by atoms with Crippen molar-refractivity contribution in [3.63, 3.8) is 0 Å². The lowest BCUT2D eigenvalue weighted by Gasteiger charge is -2.08. The number of hydrogen-bond acceptors (Lipinski definition) is 6. The number of esters is 1. The highest BCUT2D eigenvalue weighted by Crippen LogP contribution is 2.39. The topological polar surface area (TPSA) is 73.9 Å². The minimum Gasteiger partial charge on any atom is -0.493 e. The molecule has 1 amide bonds. The van der Waals surface area contributed by atoms with Gasteiger partial charge in [0.05, 0.1) is 26.5 Å². The molecule has 0 unspecified atom stereocenters. The van der Waals surface area contributed by atoms with Gasteiger partial charge < -0.3 is 19.5 Å². The predicted octanol–water partition coefficient (Wildman–Crippen LogP) is 4.20. The van der Waals surface area contributed by atoms with Crippen LogP contribution in [0.25, 0.3) is 10.4 Å². The van der Waals surface area contributed by atoms with Crippen molar-refractivity contribution in [2.75, 3.05) is 26.1 Å². The number of carbonyl (C=O) groups excluding carboxylic acids is 2. The van der Waals surface area contributed by atoms with Crippen LogP contribution < -0.4 is 14.8 Å². The molecule has 0 aliphatic heterocycles. The van der Waals surface area contributed by atoms with Gasteiger partial charge in [0.25, 0.3) is 0 Å². The normalized spacial score (nSPS) is 10.5. The number of ether oxygens (including phenoxy) is 3. The number of anilines is 1. The number of amides is 1. The summed E-state index contributed by atoms with van der Waals surface area (Å²) in [6.45, 7) is 5.59. The van der Waals surface area contributed by atoms with E-state index in [0.29, 0.717) is 22.1 Å². The fourth-order valence-electron chi connectivity index (χ4n) is 2.24. The Morgan fingerprint density at radius 3 is 2.38 bits per heavy atom. The van der Waals surface area contributed by atoms with Crippen LogP contribution in [0.5, 0.6) is 11.5 Å². The lowest BCUT2D eigenvalue weighted by atomic mass is 10.1. The van der Waals surface area contributed by atoms with E-state index in [1.54, 1.807) is 47.1 Å². The fraction of sp³-hybridized carbons (Fsp3) is 0.368. The van der Waals surface area contributed by atoms with Gasteiger partial charge in [-0.15, -0.1) is 11.3 Å². The van der Waals surface area contributed by atoms with Crippen molar-refractivity contribution in [2.24, 2.45) is 5.92 Å². The largest absolute Gasteiger partial charge is 0.493 e. The third kappa shape index (κ3) is 4.35. The van der Waals surface area contributed by atoms with Crippen molar-refractivity contribution in [1.29, 1.82) is 0 Å². The van der Waals surface area contributed by atoms with Gasteiger partial charge in [-0.2, -0.15) is 0 Å². The van der Waals surface area contributed by atoms with Crippen LogP contribution in [0, 0.1) is 5.92 Å². The maximum absolute atomic E-state index is 12.3. The second-order valence-corrected chi connectivity index (χ2v) is 6.84. The van der Waals surface area contributed by atoms with E-state index >= 15 is 0 Å². The average Bonchev–Trinajstić information content (AvgIpc) is 3.05. The molecule has 0 fully saturated rings. The van der Waals surface area contributed by atoms with Crippen LogP contribution >= 0.6 is 11.3 Å². The summed E-state index contributed by atoms with van der Waals surface area (Å²) >= 11 is 1.26. The number of rotatable bonds is 7. The molecule has 0 atom stereocenters. The highest BCUT2D eigenvalue weighted by molar-refractivity contribution is 7.18. The Kier molecular flexibility index (Phi) is 6.63. The molecule has 26 heavy (non-hydrogen) atoms. The molecule has 1 N–H and O–H groups in total. The molecule has 1 heterocycles. The van der Waals surface area contributed by atoms with Crippen molar-refractivity contribution in [3.05, 3.63) is 29.1 Å².